The summed E-state index contributed by atoms with van der Waals surface area (Å²) in [6.45, 7) is 7.81. The first-order chi connectivity index (χ1) is 20.9. The van der Waals surface area contributed by atoms with E-state index in [9.17, 15) is 9.59 Å². The molecule has 0 aromatic rings. The normalized spacial score (nSPS) is 18.6. The SMILES string of the molecule is CC1=CC(C=C(C)C(=O)NC(N)=NCCCCN=C(N)N)C(C=CC=C(C)C(=O)NC(N)=NCCCCN=C(N)CN)CC1. The molecule has 0 aromatic carbocycles. The first-order valence-electron chi connectivity index (χ1n) is 14.9. The Bertz CT molecular complexity index is 1190. The topological polar surface area (TPSA) is 264 Å². The molecule has 0 bridgehead atoms. The highest BCUT2D eigenvalue weighted by Crippen LogP contribution is 2.31. The molecule has 2 amide bonds. The average molecular weight is 613 g/mol. The third-order valence-corrected chi connectivity index (χ3v) is 6.71. The zero-order chi connectivity index (χ0) is 32.9. The van der Waals surface area contributed by atoms with Crippen molar-refractivity contribution in [2.24, 2.45) is 66.2 Å². The minimum atomic E-state index is -0.326. The van der Waals surface area contributed by atoms with E-state index < -0.39 is 0 Å². The Morgan fingerprint density at radius 1 is 0.841 bits per heavy atom. The van der Waals surface area contributed by atoms with Gasteiger partial charge < -0.3 is 34.4 Å². The first kappa shape index (κ1) is 37.6. The van der Waals surface area contributed by atoms with Crippen LogP contribution in [0.2, 0.25) is 0 Å². The summed E-state index contributed by atoms with van der Waals surface area (Å²) in [5.74, 6) is 0.161. The van der Waals surface area contributed by atoms with Gasteiger partial charge in [-0.05, 0) is 65.2 Å². The summed E-state index contributed by atoms with van der Waals surface area (Å²) in [7, 11) is 0. The van der Waals surface area contributed by atoms with Gasteiger partial charge in [0.1, 0.15) is 5.84 Å². The van der Waals surface area contributed by atoms with Gasteiger partial charge in [-0.2, -0.15) is 0 Å². The highest BCUT2D eigenvalue weighted by Gasteiger charge is 2.21. The van der Waals surface area contributed by atoms with Crippen LogP contribution in [-0.2, 0) is 9.59 Å². The fourth-order valence-electron chi connectivity index (χ4n) is 4.15. The number of nitrogens with two attached hydrogens (primary N) is 6. The van der Waals surface area contributed by atoms with Gasteiger partial charge in [0.15, 0.2) is 17.9 Å². The molecule has 0 saturated carbocycles. The lowest BCUT2D eigenvalue weighted by molar-refractivity contribution is -0.117. The van der Waals surface area contributed by atoms with E-state index in [2.05, 4.69) is 49.7 Å². The average Bonchev–Trinajstić information content (AvgIpc) is 2.97. The lowest BCUT2D eigenvalue weighted by Gasteiger charge is -2.25. The van der Waals surface area contributed by atoms with Crippen LogP contribution < -0.4 is 45.0 Å². The second kappa shape index (κ2) is 21.3. The smallest absolute Gasteiger partial charge is 0.253 e. The molecule has 44 heavy (non-hydrogen) atoms. The van der Waals surface area contributed by atoms with Crippen LogP contribution in [0.1, 0.15) is 59.3 Å². The van der Waals surface area contributed by atoms with Crippen molar-refractivity contribution in [2.45, 2.75) is 59.3 Å². The van der Waals surface area contributed by atoms with Crippen LogP contribution in [0.5, 0.6) is 0 Å². The predicted octanol–water partition coefficient (Wildman–Crippen LogP) is 0.419. The second-order valence-electron chi connectivity index (χ2n) is 10.6. The highest BCUT2D eigenvalue weighted by atomic mass is 16.2. The van der Waals surface area contributed by atoms with Crippen LogP contribution in [-0.4, -0.2) is 68.3 Å². The zero-order valence-electron chi connectivity index (χ0n) is 26.4. The molecule has 1 aliphatic carbocycles. The summed E-state index contributed by atoms with van der Waals surface area (Å²) < 4.78 is 0. The van der Waals surface area contributed by atoms with Gasteiger partial charge >= 0.3 is 0 Å². The Kier molecular flexibility index (Phi) is 18.2. The number of aliphatic imine (C=N–C) groups is 4. The maximum absolute atomic E-state index is 12.7. The third kappa shape index (κ3) is 16.9. The fourth-order valence-corrected chi connectivity index (χ4v) is 4.15. The Morgan fingerprint density at radius 3 is 1.91 bits per heavy atom. The number of unbranched alkanes of at least 4 members (excludes halogenated alkanes) is 2. The molecule has 14 N–H and O–H groups in total. The number of carbonyl (C=O) groups excluding carboxylic acids is 2. The standard InChI is InChI=1S/C30H52N12O2/c1-20-11-12-23(10-8-9-21(2)26(43)41-29(35)39-15-6-4-13-37-25(32)19-31)24(17-20)18-22(3)27(44)42-30(36)40-16-7-5-14-38-28(33)34/h8-10,17-18,23-24H,4-7,11-16,19,31H2,1-3H3,(H2,32,37)(H4,33,34,38)(H3,35,39,41,43)(H3,36,40,42,44). The van der Waals surface area contributed by atoms with E-state index in [0.717, 1.165) is 38.5 Å². The maximum Gasteiger partial charge on any atom is 0.253 e. The lowest BCUT2D eigenvalue weighted by Crippen LogP contribution is -2.37. The highest BCUT2D eigenvalue weighted by molar-refractivity contribution is 6.05. The van der Waals surface area contributed by atoms with Crippen molar-refractivity contribution in [1.29, 1.82) is 0 Å². The number of nitrogens with one attached hydrogen (secondary N) is 2. The number of amides is 2. The van der Waals surface area contributed by atoms with Crippen LogP contribution in [0, 0.1) is 11.8 Å². The number of rotatable bonds is 16. The number of hydrogen-bond donors (Lipinski definition) is 8. The number of hydrogen-bond acceptors (Lipinski definition) is 7. The lowest BCUT2D eigenvalue weighted by atomic mass is 9.80. The van der Waals surface area contributed by atoms with Crippen molar-refractivity contribution in [3.8, 4) is 0 Å². The molecule has 0 spiro atoms. The van der Waals surface area contributed by atoms with E-state index in [-0.39, 0.29) is 48.1 Å². The Hall–Kier alpha value is -4.46. The van der Waals surface area contributed by atoms with Gasteiger partial charge in [-0.1, -0.05) is 36.0 Å². The maximum atomic E-state index is 12.7. The summed E-state index contributed by atoms with van der Waals surface area (Å²) in [4.78, 5) is 41.7. The summed E-state index contributed by atoms with van der Waals surface area (Å²) in [6.07, 6.45) is 14.7. The second-order valence-corrected chi connectivity index (χ2v) is 10.6. The molecule has 2 unspecified atom stereocenters. The van der Waals surface area contributed by atoms with E-state index in [4.69, 9.17) is 34.4 Å². The molecule has 14 nitrogen and oxygen atoms in total. The van der Waals surface area contributed by atoms with Crippen LogP contribution in [0.15, 0.2) is 67.1 Å². The molecule has 2 atom stereocenters. The molecule has 1 rings (SSSR count). The molecule has 14 heteroatoms. The number of guanidine groups is 3. The van der Waals surface area contributed by atoms with Crippen LogP contribution in [0.4, 0.5) is 0 Å². The molecule has 0 radical (unpaired) electrons. The van der Waals surface area contributed by atoms with Gasteiger partial charge in [0.05, 0.1) is 6.54 Å². The molecule has 1 aliphatic rings. The Morgan fingerprint density at radius 2 is 1.36 bits per heavy atom. The molecule has 0 heterocycles. The summed E-state index contributed by atoms with van der Waals surface area (Å²) >= 11 is 0. The summed E-state index contributed by atoms with van der Waals surface area (Å²) in [5, 5.41) is 5.25. The van der Waals surface area contributed by atoms with Crippen molar-refractivity contribution in [3.05, 3.63) is 47.1 Å². The number of carbonyl (C=O) groups is 2. The molecule has 0 fully saturated rings. The summed E-state index contributed by atoms with van der Waals surface area (Å²) in [6, 6.07) is 0. The predicted molar refractivity (Wildman–Crippen MR) is 181 cm³/mol. The molecule has 0 aliphatic heterocycles. The Labute approximate surface area is 261 Å². The van der Waals surface area contributed by atoms with Gasteiger partial charge in [-0.3, -0.25) is 40.2 Å². The van der Waals surface area contributed by atoms with Gasteiger partial charge in [0.25, 0.3) is 11.8 Å². The van der Waals surface area contributed by atoms with Gasteiger partial charge in [0.2, 0.25) is 0 Å². The van der Waals surface area contributed by atoms with Gasteiger partial charge in [-0.15, -0.1) is 0 Å². The quantitative estimate of drug-likeness (QED) is 0.0301. The monoisotopic (exact) mass is 612 g/mol. The Balaban J connectivity index is 2.68. The van der Waals surface area contributed by atoms with Crippen molar-refractivity contribution in [3.63, 3.8) is 0 Å². The largest absolute Gasteiger partial charge is 0.386 e. The van der Waals surface area contributed by atoms with E-state index in [1.807, 2.05) is 12.2 Å². The van der Waals surface area contributed by atoms with Crippen molar-refractivity contribution >= 4 is 35.5 Å². The van der Waals surface area contributed by atoms with Crippen LogP contribution in [0.25, 0.3) is 0 Å². The third-order valence-electron chi connectivity index (χ3n) is 6.71. The molecular weight excluding hydrogens is 560 g/mol. The van der Waals surface area contributed by atoms with E-state index >= 15 is 0 Å². The van der Waals surface area contributed by atoms with Crippen LogP contribution in [0.3, 0.4) is 0 Å². The van der Waals surface area contributed by atoms with Crippen molar-refractivity contribution < 1.29 is 9.59 Å². The van der Waals surface area contributed by atoms with Gasteiger partial charge in [0, 0.05) is 43.2 Å². The first-order valence-corrected chi connectivity index (χ1v) is 14.9. The molecule has 244 valence electrons. The van der Waals surface area contributed by atoms with Crippen LogP contribution >= 0.6 is 0 Å². The molecule has 0 aromatic heterocycles. The number of nitrogens with zero attached hydrogens (tertiary/aromatic N) is 4. The van der Waals surface area contributed by atoms with Crippen molar-refractivity contribution in [1.82, 2.24) is 10.6 Å². The van der Waals surface area contributed by atoms with E-state index in [1.165, 1.54) is 5.57 Å². The van der Waals surface area contributed by atoms with Crippen molar-refractivity contribution in [2.75, 3.05) is 32.7 Å². The fraction of sp³-hybridized carbons (Fsp3) is 0.533. The summed E-state index contributed by atoms with van der Waals surface area (Å²) in [5.41, 5.74) is 35.6. The molecule has 0 saturated heterocycles. The van der Waals surface area contributed by atoms with Gasteiger partial charge in [-0.25, -0.2) is 0 Å². The number of allylic oxidation sites excluding steroid dienone is 6. The number of amidine groups is 1. The van der Waals surface area contributed by atoms with E-state index in [0.29, 0.717) is 43.2 Å². The minimum absolute atomic E-state index is 0.0159. The molecular formula is C30H52N12O2. The minimum Gasteiger partial charge on any atom is -0.386 e. The zero-order valence-corrected chi connectivity index (χ0v) is 26.4. The van der Waals surface area contributed by atoms with E-state index in [1.54, 1.807) is 19.9 Å².